The van der Waals surface area contributed by atoms with Crippen molar-refractivity contribution in [3.8, 4) is 5.75 Å². The van der Waals surface area contributed by atoms with Crippen LogP contribution in [-0.4, -0.2) is 45.8 Å². The van der Waals surface area contributed by atoms with Crippen molar-refractivity contribution in [2.75, 3.05) is 11.9 Å². The number of hydrogen-bond donors (Lipinski definition) is 2. The number of benzene rings is 2. The molecule has 0 saturated carbocycles. The number of carbonyl (C=O) groups is 1. The number of carboxylic acid groups (broad SMARTS) is 1. The van der Waals surface area contributed by atoms with Crippen LogP contribution in [0.1, 0.15) is 20.8 Å². The Kier molecular flexibility index (Phi) is 5.47. The zero-order valence-corrected chi connectivity index (χ0v) is 19.1. The van der Waals surface area contributed by atoms with E-state index in [1.54, 1.807) is 26.3 Å². The first-order valence-electron chi connectivity index (χ1n) is 9.54. The summed E-state index contributed by atoms with van der Waals surface area (Å²) in [5, 5.41) is 12.6. The van der Waals surface area contributed by atoms with Crippen molar-refractivity contribution in [3.63, 3.8) is 0 Å². The third kappa shape index (κ3) is 4.08. The second kappa shape index (κ2) is 7.99. The minimum atomic E-state index is -3.87. The van der Waals surface area contributed by atoms with Crippen LogP contribution in [0.5, 0.6) is 5.75 Å². The molecule has 11 heteroatoms. The summed E-state index contributed by atoms with van der Waals surface area (Å²) >= 11 is 1.53. The number of rotatable bonds is 6. The molecule has 2 aromatic heterocycles. The Bertz CT molecular complexity index is 1440. The molecule has 2 N–H and O–H groups in total. The average molecular weight is 473 g/mol. The molecule has 166 valence electrons. The van der Waals surface area contributed by atoms with Crippen molar-refractivity contribution in [2.24, 2.45) is 0 Å². The Morgan fingerprint density at radius 1 is 1.12 bits per heavy atom. The van der Waals surface area contributed by atoms with E-state index in [0.717, 1.165) is 15.9 Å². The predicted octanol–water partition coefficient (Wildman–Crippen LogP) is 4.02. The highest BCUT2D eigenvalue weighted by Gasteiger charge is 2.34. The molecule has 0 saturated heterocycles. The van der Waals surface area contributed by atoms with Crippen LogP contribution >= 0.6 is 11.3 Å². The molecule has 0 fully saturated rings. The molecule has 2 heterocycles. The molecule has 0 spiro atoms. The lowest BCUT2D eigenvalue weighted by Gasteiger charge is -2.22. The molecule has 0 atom stereocenters. The molecule has 0 amide bonds. The number of ether oxygens (including phenoxy) is 1. The molecule has 0 radical (unpaired) electrons. The predicted molar refractivity (Wildman–Crippen MR) is 123 cm³/mol. The topological polar surface area (TPSA) is 131 Å². The highest BCUT2D eigenvalue weighted by atomic mass is 32.2. The van der Waals surface area contributed by atoms with Gasteiger partial charge in [-0.3, -0.25) is 0 Å². The molecule has 0 unspecified atom stereocenters. The van der Waals surface area contributed by atoms with Crippen molar-refractivity contribution in [1.29, 1.82) is 0 Å². The van der Waals surface area contributed by atoms with Crippen LogP contribution in [0.25, 0.3) is 21.1 Å². The van der Waals surface area contributed by atoms with Gasteiger partial charge in [-0.15, -0.1) is 11.3 Å². The number of sulfone groups is 1. The van der Waals surface area contributed by atoms with Gasteiger partial charge < -0.3 is 15.2 Å². The summed E-state index contributed by atoms with van der Waals surface area (Å²) in [6.45, 7) is 4.02. The lowest BCUT2D eigenvalue weighted by molar-refractivity contribution is -0.139. The maximum atomic E-state index is 13.3. The van der Waals surface area contributed by atoms with Gasteiger partial charge >= 0.3 is 5.97 Å². The monoisotopic (exact) mass is 472 g/mol. The number of carboxylic acids is 1. The number of aromatic nitrogens is 3. The number of nitrogens with one attached hydrogen (secondary N) is 1. The van der Waals surface area contributed by atoms with E-state index in [1.807, 2.05) is 18.2 Å². The van der Waals surface area contributed by atoms with E-state index in [-0.39, 0.29) is 10.6 Å². The first kappa shape index (κ1) is 21.9. The summed E-state index contributed by atoms with van der Waals surface area (Å²) in [5.74, 6) is -0.880. The van der Waals surface area contributed by atoms with E-state index in [9.17, 15) is 13.2 Å². The fourth-order valence-electron chi connectivity index (χ4n) is 3.03. The van der Waals surface area contributed by atoms with Crippen LogP contribution in [0.2, 0.25) is 0 Å². The zero-order valence-electron chi connectivity index (χ0n) is 17.5. The maximum Gasteiger partial charge on any atom is 0.341 e. The number of hydrogen-bond acceptors (Lipinski definition) is 9. The number of nitrogens with zero attached hydrogens (tertiary/aromatic N) is 3. The molecule has 0 aliphatic heterocycles. The molecule has 0 aliphatic rings. The second-order valence-electron chi connectivity index (χ2n) is 8.00. The van der Waals surface area contributed by atoms with Crippen molar-refractivity contribution in [1.82, 2.24) is 15.0 Å². The minimum Gasteiger partial charge on any atom is -0.480 e. The first-order chi connectivity index (χ1) is 15.1. The number of fused-ring (bicyclic) bond motifs is 2. The fraction of sp³-hybridized carbons (Fsp3) is 0.238. The number of anilines is 2. The van der Waals surface area contributed by atoms with E-state index < -0.39 is 27.2 Å². The van der Waals surface area contributed by atoms with Gasteiger partial charge in [-0.2, -0.15) is 0 Å². The van der Waals surface area contributed by atoms with Crippen molar-refractivity contribution in [3.05, 3.63) is 42.2 Å². The smallest absolute Gasteiger partial charge is 0.341 e. The van der Waals surface area contributed by atoms with Crippen LogP contribution in [0, 0.1) is 0 Å². The summed E-state index contributed by atoms with van der Waals surface area (Å²) < 4.78 is 31.7. The molecule has 0 bridgehead atoms. The molecule has 9 nitrogen and oxygen atoms in total. The van der Waals surface area contributed by atoms with E-state index in [1.165, 1.54) is 29.8 Å². The maximum absolute atomic E-state index is 13.3. The Hall–Kier alpha value is -3.31. The van der Waals surface area contributed by atoms with Gasteiger partial charge in [0.2, 0.25) is 0 Å². The number of aliphatic carboxylic acids is 1. The van der Waals surface area contributed by atoms with Crippen molar-refractivity contribution < 1.29 is 23.1 Å². The summed E-state index contributed by atoms with van der Waals surface area (Å²) in [7, 11) is -3.87. The highest BCUT2D eigenvalue weighted by molar-refractivity contribution is 7.92. The third-order valence-electron chi connectivity index (χ3n) is 4.74. The van der Waals surface area contributed by atoms with Gasteiger partial charge in [-0.25, -0.2) is 28.2 Å². The van der Waals surface area contributed by atoms with Crippen LogP contribution in [-0.2, 0) is 14.6 Å². The van der Waals surface area contributed by atoms with Crippen molar-refractivity contribution in [2.45, 2.75) is 30.4 Å². The Morgan fingerprint density at radius 3 is 2.62 bits per heavy atom. The summed E-state index contributed by atoms with van der Waals surface area (Å²) in [5.41, 5.74) is 3.73. The standard InChI is InChI=1S/C21H20N4O5S2/c1-21(2,3)32(28,29)18-7-13-14(8-16(18)30-9-19(26)27)22-10-23-20(13)25-12-4-5-17-15(6-12)24-11-31-17/h4-8,10-11H,9H2,1-3H3,(H,26,27)(H,22,23,25). The van der Waals surface area contributed by atoms with Crippen LogP contribution < -0.4 is 10.1 Å². The highest BCUT2D eigenvalue weighted by Crippen LogP contribution is 2.37. The minimum absolute atomic E-state index is 0.0663. The van der Waals surface area contributed by atoms with Crippen LogP contribution in [0.4, 0.5) is 11.5 Å². The molecule has 4 aromatic rings. The normalized spacial score (nSPS) is 12.2. The van der Waals surface area contributed by atoms with Crippen LogP contribution in [0.3, 0.4) is 0 Å². The second-order valence-corrected chi connectivity index (χ2v) is 11.6. The van der Waals surface area contributed by atoms with Crippen molar-refractivity contribution >= 4 is 59.8 Å². The quantitative estimate of drug-likeness (QED) is 0.427. The third-order valence-corrected chi connectivity index (χ3v) is 8.06. The molecule has 4 rings (SSSR count). The van der Waals surface area contributed by atoms with E-state index in [0.29, 0.717) is 16.7 Å². The van der Waals surface area contributed by atoms with Gasteiger partial charge in [-0.05, 0) is 45.0 Å². The van der Waals surface area contributed by atoms with Gasteiger partial charge in [0, 0.05) is 17.1 Å². The van der Waals surface area contributed by atoms with E-state index in [2.05, 4.69) is 20.3 Å². The van der Waals surface area contributed by atoms with Gasteiger partial charge in [0.25, 0.3) is 0 Å². The average Bonchev–Trinajstić information content (AvgIpc) is 3.19. The Labute approximate surface area is 188 Å². The van der Waals surface area contributed by atoms with Gasteiger partial charge in [0.1, 0.15) is 22.8 Å². The molecule has 2 aromatic carbocycles. The molecular formula is C21H20N4O5S2. The fourth-order valence-corrected chi connectivity index (χ4v) is 5.00. The zero-order chi connectivity index (χ0) is 23.1. The molecular weight excluding hydrogens is 452 g/mol. The summed E-state index contributed by atoms with van der Waals surface area (Å²) in [6, 6.07) is 8.54. The van der Waals surface area contributed by atoms with E-state index in [4.69, 9.17) is 9.84 Å². The number of thiazole rings is 1. The molecule has 32 heavy (non-hydrogen) atoms. The lowest BCUT2D eigenvalue weighted by Crippen LogP contribution is -2.28. The summed E-state index contributed by atoms with van der Waals surface area (Å²) in [6.07, 6.45) is 1.34. The van der Waals surface area contributed by atoms with Crippen LogP contribution in [0.15, 0.2) is 47.1 Å². The van der Waals surface area contributed by atoms with Gasteiger partial charge in [0.05, 0.1) is 26.0 Å². The lowest BCUT2D eigenvalue weighted by atomic mass is 10.2. The first-order valence-corrected chi connectivity index (χ1v) is 11.9. The van der Waals surface area contributed by atoms with Gasteiger partial charge in [-0.1, -0.05) is 0 Å². The summed E-state index contributed by atoms with van der Waals surface area (Å²) in [4.78, 5) is 23.7. The Balaban J connectivity index is 1.86. The van der Waals surface area contributed by atoms with E-state index >= 15 is 0 Å². The molecule has 0 aliphatic carbocycles. The largest absolute Gasteiger partial charge is 0.480 e. The SMILES string of the molecule is CC(C)(C)S(=O)(=O)c1cc2c(Nc3ccc4scnc4c3)ncnc2cc1OCC(=O)O. The Morgan fingerprint density at radius 2 is 1.91 bits per heavy atom. The van der Waals surface area contributed by atoms with Gasteiger partial charge in [0.15, 0.2) is 16.4 Å².